The van der Waals surface area contributed by atoms with Gasteiger partial charge in [-0.25, -0.2) is 4.98 Å². The fraction of sp³-hybridized carbons (Fsp3) is 0.0541. The van der Waals surface area contributed by atoms with Gasteiger partial charge in [0.25, 0.3) is 5.91 Å². The molecule has 4 aromatic rings. The molecule has 0 aliphatic carbocycles. The summed E-state index contributed by atoms with van der Waals surface area (Å²) in [6.45, 7) is 12.9. The lowest BCUT2D eigenvalue weighted by atomic mass is 10.2. The van der Waals surface area contributed by atoms with E-state index in [4.69, 9.17) is 25.5 Å². The molecule has 3 aromatic carbocycles. The van der Waals surface area contributed by atoms with E-state index in [2.05, 4.69) is 99.7 Å². The molecule has 0 atom stereocenters. The first-order chi connectivity index (χ1) is 21.4. The van der Waals surface area contributed by atoms with Crippen LogP contribution in [0.15, 0.2) is 161 Å². The first-order valence-electron chi connectivity index (χ1n) is 12.5. The highest BCUT2D eigenvalue weighted by molar-refractivity contribution is 6.31. The van der Waals surface area contributed by atoms with E-state index in [0.29, 0.717) is 33.4 Å². The maximum absolute atomic E-state index is 12.1. The normalized spacial score (nSPS) is 8.23. The molecule has 0 radical (unpaired) electrons. The van der Waals surface area contributed by atoms with Gasteiger partial charge < -0.3 is 19.2 Å². The zero-order valence-corrected chi connectivity index (χ0v) is 24.6. The Balaban J connectivity index is 0.000000374. The Labute approximate surface area is 260 Å². The molecule has 0 saturated heterocycles. The molecule has 0 aliphatic rings. The van der Waals surface area contributed by atoms with Gasteiger partial charge in [0.05, 0.1) is 7.11 Å². The number of carbonyl (C=O) groups excluding carboxylic acids is 1. The predicted molar refractivity (Wildman–Crippen MR) is 173 cm³/mol. The Morgan fingerprint density at radius 2 is 1.34 bits per heavy atom. The van der Waals surface area contributed by atoms with Crippen LogP contribution < -0.4 is 14.8 Å². The summed E-state index contributed by atoms with van der Waals surface area (Å²) in [6, 6.07) is 19.5. The van der Waals surface area contributed by atoms with Crippen molar-refractivity contribution in [2.75, 3.05) is 19.0 Å². The van der Waals surface area contributed by atoms with E-state index < -0.39 is 0 Å². The van der Waals surface area contributed by atoms with Crippen molar-refractivity contribution in [1.29, 1.82) is 0 Å². The lowest BCUT2D eigenvalue weighted by Gasteiger charge is -2.08. The third kappa shape index (κ3) is 12.4. The predicted octanol–water partition coefficient (Wildman–Crippen LogP) is 8.48. The highest BCUT2D eigenvalue weighted by atomic mass is 35.5. The van der Waals surface area contributed by atoms with Crippen molar-refractivity contribution in [3.8, 4) is 23.0 Å². The summed E-state index contributed by atoms with van der Waals surface area (Å²) in [4.78, 5) is 16.6. The summed E-state index contributed by atoms with van der Waals surface area (Å²) >= 11 is 5.98. The van der Waals surface area contributed by atoms with Crippen LogP contribution in [0.5, 0.6) is 11.5 Å². The molecule has 0 spiro atoms. The monoisotopic (exact) mass is 596 g/mol. The highest BCUT2D eigenvalue weighted by Crippen LogP contribution is 2.27. The van der Waals surface area contributed by atoms with Gasteiger partial charge in [-0.15, -0.1) is 0 Å². The number of halogens is 1. The van der Waals surface area contributed by atoms with Crippen LogP contribution in [0.25, 0.3) is 22.6 Å². The molecule has 1 amide bonds. The minimum atomic E-state index is -0.259. The number of anilines is 1. The zero-order chi connectivity index (χ0) is 32.0. The highest BCUT2D eigenvalue weighted by Gasteiger charge is 2.10. The molecule has 0 bridgehead atoms. The average molecular weight is 597 g/mol. The molecular weight excluding hydrogens is 572 g/mol. The van der Waals surface area contributed by atoms with Crippen molar-refractivity contribution in [3.63, 3.8) is 0 Å². The second-order valence-electron chi connectivity index (χ2n) is 7.80. The van der Waals surface area contributed by atoms with Crippen LogP contribution in [0.4, 0.5) is 5.69 Å². The van der Waals surface area contributed by atoms with E-state index in [0.717, 1.165) is 11.3 Å². The number of carbonyl (C=O) groups is 1. The maximum atomic E-state index is 12.1. The molecule has 0 unspecified atom stereocenters. The number of hydrogen-bond acceptors (Lipinski definition) is 5. The van der Waals surface area contributed by atoms with Crippen molar-refractivity contribution in [2.24, 2.45) is 0 Å². The van der Waals surface area contributed by atoms with E-state index in [1.165, 1.54) is 0 Å². The van der Waals surface area contributed by atoms with Crippen LogP contribution in [0.3, 0.4) is 0 Å². The van der Waals surface area contributed by atoms with Gasteiger partial charge in [-0.1, -0.05) is 34.5 Å². The molecular formula is C37H25ClN2O4. The van der Waals surface area contributed by atoms with Gasteiger partial charge in [0.15, 0.2) is 12.2 Å². The van der Waals surface area contributed by atoms with E-state index in [-0.39, 0.29) is 12.5 Å². The van der Waals surface area contributed by atoms with E-state index in [1.54, 1.807) is 61.7 Å². The topological polar surface area (TPSA) is 73.6 Å². The molecule has 44 heavy (non-hydrogen) atoms. The Bertz CT molecular complexity index is 1950. The number of amides is 1. The number of fused-ring (bicyclic) bond motifs is 1. The minimum Gasteiger partial charge on any atom is -0.497 e. The number of nitrogens with one attached hydrogen (secondary N) is 1. The van der Waals surface area contributed by atoms with Gasteiger partial charge in [-0.2, -0.15) is 0 Å². The maximum Gasteiger partial charge on any atom is 0.262 e. The van der Waals surface area contributed by atoms with Crippen molar-refractivity contribution in [1.82, 2.24) is 4.98 Å². The third-order valence-corrected chi connectivity index (χ3v) is 5.10. The molecule has 7 heteroatoms. The largest absolute Gasteiger partial charge is 0.497 e. The number of methoxy groups -OCH3 is 1. The van der Waals surface area contributed by atoms with Crippen LogP contribution in [0, 0.1) is 0 Å². The Kier molecular flexibility index (Phi) is 15.0. The SMILES string of the molecule is C=C=C=C=C=C.C=C=C=C=C=C=C=C=C.COc1ccc(OCC(=O)Nc2ccc(-c3nc4cc(Cl)ccc4o3)cc2)cc1. The van der Waals surface area contributed by atoms with Crippen molar-refractivity contribution >= 4 is 34.3 Å². The molecule has 4 rings (SSSR count). The summed E-state index contributed by atoms with van der Waals surface area (Å²) in [5, 5.41) is 3.39. The van der Waals surface area contributed by atoms with Crippen LogP contribution in [-0.4, -0.2) is 24.6 Å². The van der Waals surface area contributed by atoms with Gasteiger partial charge in [0.1, 0.15) is 17.0 Å². The Morgan fingerprint density at radius 3 is 1.91 bits per heavy atom. The second-order valence-corrected chi connectivity index (χ2v) is 8.24. The molecule has 0 fully saturated rings. The molecule has 1 aromatic heterocycles. The lowest BCUT2D eigenvalue weighted by molar-refractivity contribution is -0.118. The summed E-state index contributed by atoms with van der Waals surface area (Å²) in [5.74, 6) is 1.55. The summed E-state index contributed by atoms with van der Waals surface area (Å²) in [7, 11) is 1.59. The third-order valence-electron chi connectivity index (χ3n) is 4.86. The fourth-order valence-corrected chi connectivity index (χ4v) is 3.17. The molecule has 1 N–H and O–H groups in total. The van der Waals surface area contributed by atoms with Crippen LogP contribution in [0.2, 0.25) is 5.02 Å². The quantitative estimate of drug-likeness (QED) is 0.226. The summed E-state index contributed by atoms with van der Waals surface area (Å²) < 4.78 is 16.3. The van der Waals surface area contributed by atoms with Gasteiger partial charge in [-0.05, 0) is 133 Å². The van der Waals surface area contributed by atoms with Gasteiger partial charge >= 0.3 is 0 Å². The number of ether oxygens (including phenoxy) is 2. The van der Waals surface area contributed by atoms with Crippen LogP contribution in [-0.2, 0) is 4.79 Å². The lowest BCUT2D eigenvalue weighted by Crippen LogP contribution is -2.20. The minimum absolute atomic E-state index is 0.0973. The molecule has 0 saturated carbocycles. The number of rotatable bonds is 6. The number of nitrogens with zero attached hydrogens (tertiary/aromatic N) is 1. The average Bonchev–Trinajstić information content (AvgIpc) is 3.47. The first-order valence-corrected chi connectivity index (χ1v) is 12.9. The number of aromatic nitrogens is 1. The smallest absolute Gasteiger partial charge is 0.262 e. The Morgan fingerprint density at radius 1 is 0.795 bits per heavy atom. The van der Waals surface area contributed by atoms with E-state index in [9.17, 15) is 4.79 Å². The molecule has 214 valence electrons. The molecule has 1 heterocycles. The molecule has 0 aliphatic heterocycles. The number of oxazole rings is 1. The second kappa shape index (κ2) is 19.6. The van der Waals surface area contributed by atoms with Gasteiger partial charge in [-0.3, -0.25) is 4.79 Å². The molecule has 6 nitrogen and oxygen atoms in total. The first kappa shape index (κ1) is 33.8. The van der Waals surface area contributed by atoms with Gasteiger partial charge in [0, 0.05) is 16.3 Å². The van der Waals surface area contributed by atoms with Crippen molar-refractivity contribution in [2.45, 2.75) is 0 Å². The number of hydrogen-bond donors (Lipinski definition) is 1. The summed E-state index contributed by atoms with van der Waals surface area (Å²) in [5.41, 5.74) is 29.3. The van der Waals surface area contributed by atoms with Crippen molar-refractivity contribution in [3.05, 3.63) is 161 Å². The van der Waals surface area contributed by atoms with Crippen LogP contribution >= 0.6 is 11.6 Å². The van der Waals surface area contributed by atoms with E-state index in [1.807, 2.05) is 12.1 Å². The van der Waals surface area contributed by atoms with E-state index >= 15 is 0 Å². The van der Waals surface area contributed by atoms with Crippen LogP contribution in [0.1, 0.15) is 0 Å². The standard InChI is InChI=1S/C22H17ClN2O4.C9H4.C6H4/c1-27-17-7-9-18(10-8-17)28-13-21(26)24-16-5-2-14(3-6-16)22-25-19-12-15(23)4-11-20(19)29-22;1-3-5-7-9-8-6-4-2;1-3-5-6-4-2/h2-12H,13H2,1H3,(H,24,26);1-2H2;1-2H2. The summed E-state index contributed by atoms with van der Waals surface area (Å²) in [6.07, 6.45) is 0. The fourth-order valence-electron chi connectivity index (χ4n) is 3.01. The Hall–Kier alpha value is -6.45. The van der Waals surface area contributed by atoms with Gasteiger partial charge in [0.2, 0.25) is 5.89 Å². The number of benzene rings is 3. The van der Waals surface area contributed by atoms with Crippen molar-refractivity contribution < 1.29 is 18.7 Å². The zero-order valence-electron chi connectivity index (χ0n) is 23.8.